The fourth-order valence-electron chi connectivity index (χ4n) is 2.42. The van der Waals surface area contributed by atoms with Crippen molar-refractivity contribution in [3.05, 3.63) is 46.7 Å². The van der Waals surface area contributed by atoms with E-state index in [1.165, 1.54) is 9.58 Å². The van der Waals surface area contributed by atoms with Crippen LogP contribution in [0.4, 0.5) is 0 Å². The molecule has 1 atom stereocenters. The molecule has 0 radical (unpaired) electrons. The van der Waals surface area contributed by atoms with E-state index in [1.807, 2.05) is 24.3 Å². The highest BCUT2D eigenvalue weighted by atomic mass is 32.2. The van der Waals surface area contributed by atoms with Crippen LogP contribution in [0.1, 0.15) is 31.2 Å². The standard InChI is InChI=1S/C18H20N2OS3/c1-12(2)17(15-8-5-10-22-15)20-16(21)9-11-23-18-19-13-6-3-4-7-14(13)24-18/h3-8,10,12,17H,9,11H2,1-2H3,(H,20,21)/t17-/m0/s1. The molecule has 0 unspecified atom stereocenters. The lowest BCUT2D eigenvalue weighted by Gasteiger charge is -2.21. The maximum Gasteiger partial charge on any atom is 0.221 e. The minimum Gasteiger partial charge on any atom is -0.348 e. The molecule has 3 nitrogen and oxygen atoms in total. The molecule has 0 saturated heterocycles. The van der Waals surface area contributed by atoms with Gasteiger partial charge in [0.1, 0.15) is 0 Å². The van der Waals surface area contributed by atoms with Gasteiger partial charge in [0.2, 0.25) is 5.91 Å². The van der Waals surface area contributed by atoms with Gasteiger partial charge in [-0.15, -0.1) is 22.7 Å². The molecule has 6 heteroatoms. The molecular formula is C18H20N2OS3. The van der Waals surface area contributed by atoms with Gasteiger partial charge in [0, 0.05) is 17.1 Å². The number of amides is 1. The molecule has 2 aromatic heterocycles. The first-order chi connectivity index (χ1) is 11.6. The molecule has 0 aliphatic rings. The predicted molar refractivity (Wildman–Crippen MR) is 105 cm³/mol. The largest absolute Gasteiger partial charge is 0.348 e. The average Bonchev–Trinajstić information content (AvgIpc) is 3.21. The molecule has 0 fully saturated rings. The molecule has 24 heavy (non-hydrogen) atoms. The van der Waals surface area contributed by atoms with Crippen LogP contribution >= 0.6 is 34.4 Å². The van der Waals surface area contributed by atoms with Gasteiger partial charge in [0.05, 0.1) is 16.3 Å². The number of nitrogens with one attached hydrogen (secondary N) is 1. The first-order valence-corrected chi connectivity index (χ1v) is 10.6. The van der Waals surface area contributed by atoms with E-state index in [9.17, 15) is 4.79 Å². The number of thiophene rings is 1. The summed E-state index contributed by atoms with van der Waals surface area (Å²) >= 11 is 5.04. The summed E-state index contributed by atoms with van der Waals surface area (Å²) < 4.78 is 2.23. The minimum absolute atomic E-state index is 0.102. The Balaban J connectivity index is 1.51. The number of thiazole rings is 1. The molecule has 2 heterocycles. The predicted octanol–water partition coefficient (Wildman–Crippen LogP) is 5.35. The first kappa shape index (κ1) is 17.5. The number of benzene rings is 1. The normalized spacial score (nSPS) is 12.6. The Labute approximate surface area is 154 Å². The third-order valence-electron chi connectivity index (χ3n) is 3.66. The summed E-state index contributed by atoms with van der Waals surface area (Å²) in [4.78, 5) is 18.1. The van der Waals surface area contributed by atoms with Gasteiger partial charge in [-0.1, -0.05) is 43.8 Å². The van der Waals surface area contributed by atoms with Crippen molar-refractivity contribution >= 4 is 50.6 Å². The van der Waals surface area contributed by atoms with Gasteiger partial charge in [-0.05, 0) is 29.5 Å². The SMILES string of the molecule is CC(C)[C@H](NC(=O)CCSc1nc2ccccc2s1)c1cccs1. The third kappa shape index (κ3) is 4.37. The zero-order valence-electron chi connectivity index (χ0n) is 13.7. The molecule has 126 valence electrons. The van der Waals surface area contributed by atoms with Gasteiger partial charge in [-0.2, -0.15) is 0 Å². The van der Waals surface area contributed by atoms with E-state index in [0.717, 1.165) is 15.6 Å². The van der Waals surface area contributed by atoms with Crippen LogP contribution in [0.3, 0.4) is 0 Å². The number of hydrogen-bond donors (Lipinski definition) is 1. The summed E-state index contributed by atoms with van der Waals surface area (Å²) in [5.74, 6) is 1.24. The number of carbonyl (C=O) groups excluding carboxylic acids is 1. The van der Waals surface area contributed by atoms with Crippen molar-refractivity contribution in [2.45, 2.75) is 30.6 Å². The van der Waals surface area contributed by atoms with E-state index in [2.05, 4.69) is 41.7 Å². The molecule has 0 saturated carbocycles. The fourth-order valence-corrected chi connectivity index (χ4v) is 5.45. The molecular weight excluding hydrogens is 356 g/mol. The van der Waals surface area contributed by atoms with Crippen LogP contribution in [-0.2, 0) is 4.79 Å². The highest BCUT2D eigenvalue weighted by Crippen LogP contribution is 2.30. The molecule has 0 spiro atoms. The van der Waals surface area contributed by atoms with E-state index in [0.29, 0.717) is 12.3 Å². The van der Waals surface area contributed by atoms with Crippen molar-refractivity contribution < 1.29 is 4.79 Å². The second-order valence-electron chi connectivity index (χ2n) is 5.85. The lowest BCUT2D eigenvalue weighted by molar-refractivity contribution is -0.121. The molecule has 0 aliphatic heterocycles. The second kappa shape index (κ2) is 8.14. The molecule has 3 aromatic rings. The van der Waals surface area contributed by atoms with Crippen molar-refractivity contribution in [2.75, 3.05) is 5.75 Å². The van der Waals surface area contributed by atoms with Gasteiger partial charge in [-0.3, -0.25) is 4.79 Å². The van der Waals surface area contributed by atoms with Crippen molar-refractivity contribution in [2.24, 2.45) is 5.92 Å². The van der Waals surface area contributed by atoms with Gasteiger partial charge in [0.15, 0.2) is 4.34 Å². The first-order valence-electron chi connectivity index (χ1n) is 7.94. The smallest absolute Gasteiger partial charge is 0.221 e. The minimum atomic E-state index is 0.102. The van der Waals surface area contributed by atoms with Gasteiger partial charge in [-0.25, -0.2) is 4.98 Å². The van der Waals surface area contributed by atoms with E-state index < -0.39 is 0 Å². The molecule has 0 bridgehead atoms. The summed E-state index contributed by atoms with van der Waals surface area (Å²) in [6, 6.07) is 12.4. The molecule has 1 aromatic carbocycles. The molecule has 1 amide bonds. The topological polar surface area (TPSA) is 42.0 Å². The van der Waals surface area contributed by atoms with Crippen LogP contribution in [0.2, 0.25) is 0 Å². The molecule has 0 aliphatic carbocycles. The summed E-state index contributed by atoms with van der Waals surface area (Å²) in [6.45, 7) is 4.28. The van der Waals surface area contributed by atoms with Crippen LogP contribution in [0.25, 0.3) is 10.2 Å². The number of rotatable bonds is 7. The maximum atomic E-state index is 12.3. The Hall–Kier alpha value is -1.37. The second-order valence-corrected chi connectivity index (χ2v) is 9.20. The van der Waals surface area contributed by atoms with E-state index in [4.69, 9.17) is 0 Å². The van der Waals surface area contributed by atoms with Crippen molar-refractivity contribution in [3.8, 4) is 0 Å². The number of para-hydroxylation sites is 1. The average molecular weight is 377 g/mol. The Kier molecular flexibility index (Phi) is 5.92. The summed E-state index contributed by atoms with van der Waals surface area (Å²) in [5.41, 5.74) is 1.03. The lowest BCUT2D eigenvalue weighted by Crippen LogP contribution is -2.31. The third-order valence-corrected chi connectivity index (χ3v) is 6.80. The van der Waals surface area contributed by atoms with Crippen molar-refractivity contribution in [1.29, 1.82) is 0 Å². The quantitative estimate of drug-likeness (QED) is 0.565. The number of carbonyl (C=O) groups is 1. The lowest BCUT2D eigenvalue weighted by atomic mass is 10.0. The number of thioether (sulfide) groups is 1. The van der Waals surface area contributed by atoms with Crippen LogP contribution in [0, 0.1) is 5.92 Å². The van der Waals surface area contributed by atoms with Crippen LogP contribution in [-0.4, -0.2) is 16.6 Å². The Morgan fingerprint density at radius 1 is 1.25 bits per heavy atom. The zero-order chi connectivity index (χ0) is 16.9. The van der Waals surface area contributed by atoms with E-state index in [1.54, 1.807) is 34.4 Å². The zero-order valence-corrected chi connectivity index (χ0v) is 16.1. The number of nitrogens with zero attached hydrogens (tertiary/aromatic N) is 1. The van der Waals surface area contributed by atoms with Crippen molar-refractivity contribution in [1.82, 2.24) is 10.3 Å². The summed E-state index contributed by atoms with van der Waals surface area (Å²) in [5, 5.41) is 5.23. The van der Waals surface area contributed by atoms with E-state index >= 15 is 0 Å². The van der Waals surface area contributed by atoms with Gasteiger partial charge < -0.3 is 5.32 Å². The van der Waals surface area contributed by atoms with Crippen molar-refractivity contribution in [3.63, 3.8) is 0 Å². The van der Waals surface area contributed by atoms with E-state index in [-0.39, 0.29) is 11.9 Å². The maximum absolute atomic E-state index is 12.3. The number of fused-ring (bicyclic) bond motifs is 1. The molecule has 1 N–H and O–H groups in total. The van der Waals surface area contributed by atoms with Gasteiger partial charge >= 0.3 is 0 Å². The fraction of sp³-hybridized carbons (Fsp3) is 0.333. The Morgan fingerprint density at radius 2 is 2.08 bits per heavy atom. The number of hydrogen-bond acceptors (Lipinski definition) is 5. The summed E-state index contributed by atoms with van der Waals surface area (Å²) in [6.07, 6.45) is 0.509. The van der Waals surface area contributed by atoms with Crippen LogP contribution in [0.15, 0.2) is 46.1 Å². The van der Waals surface area contributed by atoms with Crippen LogP contribution in [0.5, 0.6) is 0 Å². The molecule has 3 rings (SSSR count). The highest BCUT2D eigenvalue weighted by Gasteiger charge is 2.19. The summed E-state index contributed by atoms with van der Waals surface area (Å²) in [7, 11) is 0. The Bertz CT molecular complexity index is 763. The van der Waals surface area contributed by atoms with Gasteiger partial charge in [0.25, 0.3) is 0 Å². The number of aromatic nitrogens is 1. The monoisotopic (exact) mass is 376 g/mol. The highest BCUT2D eigenvalue weighted by molar-refractivity contribution is 8.01. The Morgan fingerprint density at radius 3 is 2.79 bits per heavy atom. The van der Waals surface area contributed by atoms with Crippen LogP contribution < -0.4 is 5.32 Å².